The van der Waals surface area contributed by atoms with E-state index in [2.05, 4.69) is 4.72 Å². The summed E-state index contributed by atoms with van der Waals surface area (Å²) in [6, 6.07) is 4.92. The number of likely N-dealkylation sites (N-methyl/N-ethyl adjacent to an activating group) is 1. The first-order valence-corrected chi connectivity index (χ1v) is 7.98. The van der Waals surface area contributed by atoms with Gasteiger partial charge in [-0.3, -0.25) is 0 Å². The van der Waals surface area contributed by atoms with Crippen molar-refractivity contribution in [2.24, 2.45) is 5.73 Å². The molecular formula is C13H23N3O3S. The van der Waals surface area contributed by atoms with Crippen LogP contribution in [-0.4, -0.2) is 47.1 Å². The normalized spacial score (nSPS) is 11.8. The van der Waals surface area contributed by atoms with Crippen LogP contribution in [-0.2, 0) is 16.6 Å². The Balaban J connectivity index is 2.90. The van der Waals surface area contributed by atoms with Gasteiger partial charge in [0.15, 0.2) is 0 Å². The van der Waals surface area contributed by atoms with E-state index >= 15 is 0 Å². The van der Waals surface area contributed by atoms with Crippen LogP contribution in [0, 0.1) is 0 Å². The molecule has 1 aromatic rings. The molecule has 0 heterocycles. The molecule has 0 bridgehead atoms. The molecule has 0 aliphatic carbocycles. The van der Waals surface area contributed by atoms with Gasteiger partial charge >= 0.3 is 0 Å². The van der Waals surface area contributed by atoms with E-state index in [4.69, 9.17) is 10.5 Å². The van der Waals surface area contributed by atoms with E-state index in [1.54, 1.807) is 18.2 Å². The van der Waals surface area contributed by atoms with Gasteiger partial charge in [-0.2, -0.15) is 0 Å². The number of sulfonamides is 1. The lowest BCUT2D eigenvalue weighted by molar-refractivity contribution is 0.357. The summed E-state index contributed by atoms with van der Waals surface area (Å²) in [5, 5.41) is 0. The highest BCUT2D eigenvalue weighted by Gasteiger charge is 2.19. The van der Waals surface area contributed by atoms with E-state index in [9.17, 15) is 8.42 Å². The first-order chi connectivity index (χ1) is 9.44. The molecule has 3 N–H and O–H groups in total. The fourth-order valence-electron chi connectivity index (χ4n) is 1.66. The van der Waals surface area contributed by atoms with E-state index in [1.165, 1.54) is 7.11 Å². The number of nitrogens with two attached hydrogens (primary N) is 1. The van der Waals surface area contributed by atoms with Gasteiger partial charge in [-0.25, -0.2) is 13.1 Å². The summed E-state index contributed by atoms with van der Waals surface area (Å²) in [7, 11) is -0.217. The summed E-state index contributed by atoms with van der Waals surface area (Å²) in [6.45, 7) is 4.17. The van der Waals surface area contributed by atoms with Crippen molar-refractivity contribution >= 4 is 10.0 Å². The number of hydrogen-bond donors (Lipinski definition) is 2. The largest absolute Gasteiger partial charge is 0.495 e. The lowest BCUT2D eigenvalue weighted by atomic mass is 10.2. The summed E-state index contributed by atoms with van der Waals surface area (Å²) in [4.78, 5) is 2.15. The summed E-state index contributed by atoms with van der Waals surface area (Å²) in [5.41, 5.74) is 6.30. The van der Waals surface area contributed by atoms with Crippen LogP contribution >= 0.6 is 0 Å². The van der Waals surface area contributed by atoms with Crippen LogP contribution in [0.4, 0.5) is 0 Å². The number of benzene rings is 1. The molecule has 0 radical (unpaired) electrons. The van der Waals surface area contributed by atoms with Gasteiger partial charge in [0.25, 0.3) is 0 Å². The van der Waals surface area contributed by atoms with Crippen molar-refractivity contribution in [3.63, 3.8) is 0 Å². The third-order valence-corrected chi connectivity index (χ3v) is 4.56. The third kappa shape index (κ3) is 4.45. The number of rotatable bonds is 8. The lowest BCUT2D eigenvalue weighted by Gasteiger charge is -2.15. The SMILES string of the molecule is CCN(C)CCNS(=O)(=O)c1cc(CN)ccc1OC. The van der Waals surface area contributed by atoms with E-state index in [0.717, 1.165) is 12.1 Å². The van der Waals surface area contributed by atoms with Gasteiger partial charge < -0.3 is 15.4 Å². The molecule has 0 saturated carbocycles. The predicted molar refractivity (Wildman–Crippen MR) is 79.2 cm³/mol. The van der Waals surface area contributed by atoms with Gasteiger partial charge in [-0.1, -0.05) is 13.0 Å². The molecular weight excluding hydrogens is 278 g/mol. The van der Waals surface area contributed by atoms with Crippen LogP contribution in [0.15, 0.2) is 23.1 Å². The fourth-order valence-corrected chi connectivity index (χ4v) is 2.90. The second-order valence-corrected chi connectivity index (χ2v) is 6.22. The number of hydrogen-bond acceptors (Lipinski definition) is 5. The zero-order chi connectivity index (χ0) is 15.2. The molecule has 1 aromatic carbocycles. The molecule has 0 unspecified atom stereocenters. The number of methoxy groups -OCH3 is 1. The molecule has 0 spiro atoms. The summed E-state index contributed by atoms with van der Waals surface area (Å²) >= 11 is 0. The van der Waals surface area contributed by atoms with Gasteiger partial charge in [0, 0.05) is 19.6 Å². The Morgan fingerprint density at radius 2 is 2.10 bits per heavy atom. The topological polar surface area (TPSA) is 84.7 Å². The molecule has 6 nitrogen and oxygen atoms in total. The van der Waals surface area contributed by atoms with Crippen molar-refractivity contribution in [2.45, 2.75) is 18.4 Å². The Labute approximate surface area is 121 Å². The second kappa shape index (κ2) is 7.58. The minimum atomic E-state index is -3.60. The molecule has 0 aromatic heterocycles. The van der Waals surface area contributed by atoms with Crippen molar-refractivity contribution in [2.75, 3.05) is 33.8 Å². The highest BCUT2D eigenvalue weighted by atomic mass is 32.2. The molecule has 0 amide bonds. The quantitative estimate of drug-likeness (QED) is 0.725. The van der Waals surface area contributed by atoms with Crippen LogP contribution < -0.4 is 15.2 Å². The van der Waals surface area contributed by atoms with Crippen LogP contribution in [0.1, 0.15) is 12.5 Å². The Kier molecular flexibility index (Phi) is 6.41. The molecule has 0 fully saturated rings. The van der Waals surface area contributed by atoms with Crippen molar-refractivity contribution in [1.29, 1.82) is 0 Å². The molecule has 1 rings (SSSR count). The highest BCUT2D eigenvalue weighted by molar-refractivity contribution is 7.89. The molecule has 0 saturated heterocycles. The van der Waals surface area contributed by atoms with Crippen molar-refractivity contribution in [3.05, 3.63) is 23.8 Å². The Morgan fingerprint density at radius 1 is 1.40 bits per heavy atom. The zero-order valence-electron chi connectivity index (χ0n) is 12.2. The van der Waals surface area contributed by atoms with Gasteiger partial charge in [-0.15, -0.1) is 0 Å². The van der Waals surface area contributed by atoms with E-state index in [-0.39, 0.29) is 11.4 Å². The van der Waals surface area contributed by atoms with Crippen LogP contribution in [0.3, 0.4) is 0 Å². The number of ether oxygens (including phenoxy) is 1. The summed E-state index contributed by atoms with van der Waals surface area (Å²) < 4.78 is 32.3. The van der Waals surface area contributed by atoms with Crippen LogP contribution in [0.25, 0.3) is 0 Å². The van der Waals surface area contributed by atoms with Crippen LogP contribution in [0.2, 0.25) is 0 Å². The molecule has 20 heavy (non-hydrogen) atoms. The van der Waals surface area contributed by atoms with E-state index in [0.29, 0.717) is 18.8 Å². The maximum Gasteiger partial charge on any atom is 0.244 e. The van der Waals surface area contributed by atoms with Gasteiger partial charge in [-0.05, 0) is 31.3 Å². The smallest absolute Gasteiger partial charge is 0.244 e. The highest BCUT2D eigenvalue weighted by Crippen LogP contribution is 2.24. The summed E-state index contributed by atoms with van der Waals surface area (Å²) in [5.74, 6) is 0.318. The van der Waals surface area contributed by atoms with Crippen molar-refractivity contribution < 1.29 is 13.2 Å². The van der Waals surface area contributed by atoms with E-state index in [1.807, 2.05) is 18.9 Å². The Hall–Kier alpha value is -1.15. The third-order valence-electron chi connectivity index (χ3n) is 3.08. The average molecular weight is 301 g/mol. The molecule has 114 valence electrons. The van der Waals surface area contributed by atoms with Crippen LogP contribution in [0.5, 0.6) is 5.75 Å². The lowest BCUT2D eigenvalue weighted by Crippen LogP contribution is -2.33. The predicted octanol–water partition coefficient (Wildman–Crippen LogP) is 0.384. The average Bonchev–Trinajstić information content (AvgIpc) is 2.46. The minimum absolute atomic E-state index is 0.127. The molecule has 0 atom stereocenters. The zero-order valence-corrected chi connectivity index (χ0v) is 13.0. The first-order valence-electron chi connectivity index (χ1n) is 6.49. The maximum absolute atomic E-state index is 12.3. The van der Waals surface area contributed by atoms with E-state index < -0.39 is 10.0 Å². The minimum Gasteiger partial charge on any atom is -0.495 e. The molecule has 0 aliphatic heterocycles. The first kappa shape index (κ1) is 16.9. The monoisotopic (exact) mass is 301 g/mol. The number of nitrogens with zero attached hydrogens (tertiary/aromatic N) is 1. The van der Waals surface area contributed by atoms with Crippen molar-refractivity contribution in [1.82, 2.24) is 9.62 Å². The maximum atomic E-state index is 12.3. The Bertz CT molecular complexity index is 532. The van der Waals surface area contributed by atoms with Crippen molar-refractivity contribution in [3.8, 4) is 5.75 Å². The molecule has 0 aliphatic rings. The fraction of sp³-hybridized carbons (Fsp3) is 0.538. The molecule has 7 heteroatoms. The second-order valence-electron chi connectivity index (χ2n) is 4.48. The Morgan fingerprint density at radius 3 is 2.65 bits per heavy atom. The summed E-state index contributed by atoms with van der Waals surface area (Å²) in [6.07, 6.45) is 0. The van der Waals surface area contributed by atoms with Gasteiger partial charge in [0.05, 0.1) is 7.11 Å². The van der Waals surface area contributed by atoms with Gasteiger partial charge in [0.2, 0.25) is 10.0 Å². The number of nitrogens with one attached hydrogen (secondary N) is 1. The van der Waals surface area contributed by atoms with Gasteiger partial charge in [0.1, 0.15) is 10.6 Å². The standard InChI is InChI=1S/C13H23N3O3S/c1-4-16(2)8-7-15-20(17,18)13-9-11(10-14)5-6-12(13)19-3/h5-6,9,15H,4,7-8,10,14H2,1-3H3.